The van der Waals surface area contributed by atoms with Crippen LogP contribution < -0.4 is 5.32 Å². The van der Waals surface area contributed by atoms with Crippen LogP contribution in [0.3, 0.4) is 0 Å². The fourth-order valence-corrected chi connectivity index (χ4v) is 3.77. The average Bonchev–Trinajstić information content (AvgIpc) is 2.88. The van der Waals surface area contributed by atoms with Gasteiger partial charge in [0.15, 0.2) is 0 Å². The monoisotopic (exact) mass is 302 g/mol. The van der Waals surface area contributed by atoms with Crippen molar-refractivity contribution >= 4 is 27.3 Å². The first kappa shape index (κ1) is 12.6. The molecule has 1 atom stereocenters. The molecular formula is C12H19BrN2S. The lowest BCUT2D eigenvalue weighted by molar-refractivity contribution is 0.201. The fraction of sp³-hybridized carbons (Fsp3) is 0.667. The minimum atomic E-state index is 0.737. The van der Waals surface area contributed by atoms with E-state index < -0.39 is 0 Å². The van der Waals surface area contributed by atoms with Gasteiger partial charge >= 0.3 is 0 Å². The summed E-state index contributed by atoms with van der Waals surface area (Å²) in [6.45, 7) is 6.92. The van der Waals surface area contributed by atoms with E-state index in [-0.39, 0.29) is 0 Å². The number of hydrogen-bond acceptors (Lipinski definition) is 3. The lowest BCUT2D eigenvalue weighted by Gasteiger charge is -2.27. The molecule has 90 valence electrons. The molecule has 1 aromatic rings. The molecule has 2 heterocycles. The summed E-state index contributed by atoms with van der Waals surface area (Å²) >= 11 is 5.39. The van der Waals surface area contributed by atoms with Gasteiger partial charge in [0.2, 0.25) is 0 Å². The second-order valence-electron chi connectivity index (χ2n) is 4.32. The predicted octanol–water partition coefficient (Wildman–Crippen LogP) is 3.08. The maximum Gasteiger partial charge on any atom is 0.0701 e. The second-order valence-corrected chi connectivity index (χ2v) is 6.87. The van der Waals surface area contributed by atoms with E-state index in [1.54, 1.807) is 0 Å². The van der Waals surface area contributed by atoms with Gasteiger partial charge in [-0.3, -0.25) is 4.90 Å². The van der Waals surface area contributed by atoms with E-state index in [0.717, 1.165) is 19.1 Å². The van der Waals surface area contributed by atoms with E-state index >= 15 is 0 Å². The lowest BCUT2D eigenvalue weighted by atomic mass is 10.2. The van der Waals surface area contributed by atoms with Crippen molar-refractivity contribution in [3.8, 4) is 0 Å². The highest BCUT2D eigenvalue weighted by atomic mass is 79.9. The van der Waals surface area contributed by atoms with Crippen LogP contribution in [-0.2, 0) is 6.54 Å². The molecule has 0 aromatic carbocycles. The third-order valence-corrected chi connectivity index (χ3v) is 4.66. The van der Waals surface area contributed by atoms with E-state index in [0.29, 0.717) is 0 Å². The zero-order valence-electron chi connectivity index (χ0n) is 9.71. The molecule has 1 unspecified atom stereocenters. The zero-order valence-corrected chi connectivity index (χ0v) is 12.1. The van der Waals surface area contributed by atoms with E-state index in [9.17, 15) is 0 Å². The van der Waals surface area contributed by atoms with E-state index in [1.165, 1.54) is 34.6 Å². The zero-order chi connectivity index (χ0) is 11.4. The number of hydrogen-bond donors (Lipinski definition) is 1. The maximum atomic E-state index is 3.53. The summed E-state index contributed by atoms with van der Waals surface area (Å²) in [4.78, 5) is 4.09. The molecular weight excluding hydrogens is 284 g/mol. The molecule has 1 aromatic heterocycles. The molecule has 2 nitrogen and oxygen atoms in total. The van der Waals surface area contributed by atoms with Gasteiger partial charge in [-0.1, -0.05) is 6.92 Å². The van der Waals surface area contributed by atoms with Crippen molar-refractivity contribution in [2.45, 2.75) is 32.4 Å². The number of rotatable bonds is 5. The predicted molar refractivity (Wildman–Crippen MR) is 74.0 cm³/mol. The van der Waals surface area contributed by atoms with Crippen molar-refractivity contribution in [1.29, 1.82) is 0 Å². The van der Waals surface area contributed by atoms with Gasteiger partial charge in [0, 0.05) is 24.0 Å². The first-order valence-electron chi connectivity index (χ1n) is 5.98. The van der Waals surface area contributed by atoms with Crippen LogP contribution in [0.2, 0.25) is 0 Å². The first-order chi connectivity index (χ1) is 7.79. The summed E-state index contributed by atoms with van der Waals surface area (Å²) in [6.07, 6.45) is 2.54. The third kappa shape index (κ3) is 3.29. The summed E-state index contributed by atoms with van der Waals surface area (Å²) in [5.41, 5.74) is 0. The standard InChI is InChI=1S/C12H19BrN2S/c1-2-7-15(10-5-6-14-8-10)9-11-3-4-12(13)16-11/h3-4,10,14H,2,5-9H2,1H3. The Morgan fingerprint density at radius 2 is 2.44 bits per heavy atom. The SMILES string of the molecule is CCCN(Cc1ccc(Br)s1)C1CCNC1. The molecule has 1 saturated heterocycles. The molecule has 0 saturated carbocycles. The van der Waals surface area contributed by atoms with Crippen molar-refractivity contribution < 1.29 is 0 Å². The largest absolute Gasteiger partial charge is 0.315 e. The summed E-state index contributed by atoms with van der Waals surface area (Å²) < 4.78 is 1.24. The van der Waals surface area contributed by atoms with Crippen molar-refractivity contribution in [2.24, 2.45) is 0 Å². The van der Waals surface area contributed by atoms with Gasteiger partial charge in [0.25, 0.3) is 0 Å². The molecule has 16 heavy (non-hydrogen) atoms. The van der Waals surface area contributed by atoms with Crippen molar-refractivity contribution in [2.75, 3.05) is 19.6 Å². The number of thiophene rings is 1. The molecule has 0 radical (unpaired) electrons. The summed E-state index contributed by atoms with van der Waals surface area (Å²) in [5.74, 6) is 0. The Morgan fingerprint density at radius 1 is 1.56 bits per heavy atom. The average molecular weight is 303 g/mol. The Balaban J connectivity index is 1.96. The van der Waals surface area contributed by atoms with Gasteiger partial charge < -0.3 is 5.32 Å². The van der Waals surface area contributed by atoms with Crippen LogP contribution >= 0.6 is 27.3 Å². The van der Waals surface area contributed by atoms with Gasteiger partial charge in [-0.2, -0.15) is 0 Å². The molecule has 1 fully saturated rings. The summed E-state index contributed by atoms with van der Waals surface area (Å²) in [7, 11) is 0. The van der Waals surface area contributed by atoms with Gasteiger partial charge in [-0.05, 0) is 54.0 Å². The maximum absolute atomic E-state index is 3.53. The second kappa shape index (κ2) is 6.15. The molecule has 2 rings (SSSR count). The molecule has 4 heteroatoms. The first-order valence-corrected chi connectivity index (χ1v) is 7.59. The lowest BCUT2D eigenvalue weighted by Crippen LogP contribution is -2.36. The molecule has 1 aliphatic rings. The Bertz CT molecular complexity index is 321. The van der Waals surface area contributed by atoms with Crippen LogP contribution in [-0.4, -0.2) is 30.6 Å². The topological polar surface area (TPSA) is 15.3 Å². The molecule has 0 bridgehead atoms. The smallest absolute Gasteiger partial charge is 0.0701 e. The van der Waals surface area contributed by atoms with Crippen LogP contribution in [0.5, 0.6) is 0 Å². The van der Waals surface area contributed by atoms with Gasteiger partial charge in [-0.15, -0.1) is 11.3 Å². The number of nitrogens with one attached hydrogen (secondary N) is 1. The molecule has 0 spiro atoms. The summed E-state index contributed by atoms with van der Waals surface area (Å²) in [6, 6.07) is 5.12. The number of halogens is 1. The molecule has 1 aliphatic heterocycles. The van der Waals surface area contributed by atoms with Crippen LogP contribution in [0.1, 0.15) is 24.6 Å². The highest BCUT2D eigenvalue weighted by molar-refractivity contribution is 9.11. The van der Waals surface area contributed by atoms with Crippen LogP contribution in [0.4, 0.5) is 0 Å². The van der Waals surface area contributed by atoms with Crippen LogP contribution in [0.25, 0.3) is 0 Å². The Labute approximate surface area is 110 Å². The van der Waals surface area contributed by atoms with Gasteiger partial charge in [0.05, 0.1) is 3.79 Å². The highest BCUT2D eigenvalue weighted by Gasteiger charge is 2.21. The molecule has 0 amide bonds. The van der Waals surface area contributed by atoms with Crippen LogP contribution in [0.15, 0.2) is 15.9 Å². The molecule has 1 N–H and O–H groups in total. The third-order valence-electron chi connectivity index (χ3n) is 3.05. The summed E-state index contributed by atoms with van der Waals surface area (Å²) in [5, 5.41) is 3.45. The Kier molecular flexibility index (Phi) is 4.82. The highest BCUT2D eigenvalue weighted by Crippen LogP contribution is 2.24. The van der Waals surface area contributed by atoms with E-state index in [2.05, 4.69) is 45.2 Å². The van der Waals surface area contributed by atoms with E-state index in [4.69, 9.17) is 0 Å². The van der Waals surface area contributed by atoms with Crippen molar-refractivity contribution in [1.82, 2.24) is 10.2 Å². The minimum absolute atomic E-state index is 0.737. The fourth-order valence-electron chi connectivity index (χ4n) is 2.27. The Hall–Kier alpha value is 0.1000. The minimum Gasteiger partial charge on any atom is -0.315 e. The van der Waals surface area contributed by atoms with Gasteiger partial charge in [0.1, 0.15) is 0 Å². The van der Waals surface area contributed by atoms with E-state index in [1.807, 2.05) is 11.3 Å². The Morgan fingerprint density at radius 3 is 3.00 bits per heavy atom. The van der Waals surface area contributed by atoms with Gasteiger partial charge in [-0.25, -0.2) is 0 Å². The normalized spacial score (nSPS) is 20.8. The molecule has 0 aliphatic carbocycles. The quantitative estimate of drug-likeness (QED) is 0.899. The van der Waals surface area contributed by atoms with Crippen LogP contribution in [0, 0.1) is 0 Å². The van der Waals surface area contributed by atoms with Crippen molar-refractivity contribution in [3.63, 3.8) is 0 Å². The van der Waals surface area contributed by atoms with Crippen molar-refractivity contribution in [3.05, 3.63) is 20.8 Å². The number of nitrogens with zero attached hydrogens (tertiary/aromatic N) is 1.